The molecule has 4 nitrogen and oxygen atoms in total. The summed E-state index contributed by atoms with van der Waals surface area (Å²) >= 11 is 5.14. The van der Waals surface area contributed by atoms with Gasteiger partial charge in [0.25, 0.3) is 5.56 Å². The Hall–Kier alpha value is -2.31. The van der Waals surface area contributed by atoms with Gasteiger partial charge in [-0.05, 0) is 37.6 Å². The van der Waals surface area contributed by atoms with Crippen LogP contribution in [0.2, 0.25) is 0 Å². The van der Waals surface area contributed by atoms with Gasteiger partial charge in [0.05, 0.1) is 5.39 Å². The molecule has 0 saturated heterocycles. The van der Waals surface area contributed by atoms with Crippen molar-refractivity contribution in [1.29, 1.82) is 0 Å². The van der Waals surface area contributed by atoms with E-state index in [0.29, 0.717) is 16.9 Å². The van der Waals surface area contributed by atoms with Gasteiger partial charge in [-0.3, -0.25) is 9.78 Å². The molecule has 0 spiro atoms. The summed E-state index contributed by atoms with van der Waals surface area (Å²) < 4.78 is 0.967. The second-order valence-electron chi connectivity index (χ2n) is 5.83. The molecule has 1 aromatic carbocycles. The van der Waals surface area contributed by atoms with Crippen LogP contribution in [-0.4, -0.2) is 15.0 Å². The first kappa shape index (κ1) is 16.2. The van der Waals surface area contributed by atoms with Gasteiger partial charge in [0, 0.05) is 21.1 Å². The fourth-order valence-corrected chi connectivity index (χ4v) is 4.38. The molecule has 0 fully saturated rings. The van der Waals surface area contributed by atoms with Crippen molar-refractivity contribution in [1.82, 2.24) is 15.0 Å². The average Bonchev–Trinajstić information content (AvgIpc) is 2.94. The van der Waals surface area contributed by atoms with Gasteiger partial charge >= 0.3 is 0 Å². The summed E-state index contributed by atoms with van der Waals surface area (Å²) in [6.45, 7) is 4.07. The number of nitrogens with one attached hydrogen (secondary N) is 1. The maximum absolute atomic E-state index is 12.8. The molecule has 0 saturated carbocycles. The Labute approximate surface area is 156 Å². The molecule has 4 rings (SSSR count). The van der Waals surface area contributed by atoms with Crippen LogP contribution in [0, 0.1) is 13.8 Å². The van der Waals surface area contributed by atoms with E-state index in [4.69, 9.17) is 0 Å². The number of fused-ring (bicyclic) bond motifs is 1. The molecule has 0 amide bonds. The minimum Gasteiger partial charge on any atom is -0.305 e. The predicted octanol–water partition coefficient (Wildman–Crippen LogP) is 5.09. The number of H-pyrrole nitrogens is 1. The first-order valence-corrected chi connectivity index (χ1v) is 9.37. The Morgan fingerprint density at radius 3 is 2.76 bits per heavy atom. The van der Waals surface area contributed by atoms with Crippen molar-refractivity contribution < 1.29 is 0 Å². The van der Waals surface area contributed by atoms with E-state index in [1.54, 1.807) is 6.20 Å². The second-order valence-corrected chi connectivity index (χ2v) is 7.88. The molecule has 0 aliphatic rings. The zero-order chi connectivity index (χ0) is 17.6. The van der Waals surface area contributed by atoms with Crippen LogP contribution >= 0.6 is 27.3 Å². The summed E-state index contributed by atoms with van der Waals surface area (Å²) in [4.78, 5) is 26.5. The molecule has 0 bridgehead atoms. The molecule has 4 aromatic rings. The van der Waals surface area contributed by atoms with Crippen molar-refractivity contribution in [3.8, 4) is 22.6 Å². The van der Waals surface area contributed by atoms with Crippen LogP contribution in [0.3, 0.4) is 0 Å². The number of nitrogens with zero attached hydrogens (tertiary/aromatic N) is 2. The molecule has 25 heavy (non-hydrogen) atoms. The number of thiophene rings is 1. The van der Waals surface area contributed by atoms with Gasteiger partial charge in [0.2, 0.25) is 0 Å². The van der Waals surface area contributed by atoms with E-state index in [0.717, 1.165) is 30.9 Å². The molecule has 1 N–H and O–H groups in total. The Kier molecular flexibility index (Phi) is 4.01. The van der Waals surface area contributed by atoms with E-state index in [1.165, 1.54) is 11.3 Å². The fourth-order valence-electron chi connectivity index (χ4n) is 2.90. The molecule has 3 heterocycles. The number of aromatic nitrogens is 3. The fraction of sp³-hybridized carbons (Fsp3) is 0.105. The van der Waals surface area contributed by atoms with E-state index in [-0.39, 0.29) is 5.56 Å². The lowest BCUT2D eigenvalue weighted by Crippen LogP contribution is -2.09. The van der Waals surface area contributed by atoms with Crippen molar-refractivity contribution in [3.63, 3.8) is 0 Å². The molecular formula is C19H14BrN3OS. The summed E-state index contributed by atoms with van der Waals surface area (Å²) in [6, 6.07) is 11.7. The summed E-state index contributed by atoms with van der Waals surface area (Å²) in [7, 11) is 0. The maximum Gasteiger partial charge on any atom is 0.260 e. The minimum absolute atomic E-state index is 0.140. The molecule has 3 aromatic heterocycles. The first-order chi connectivity index (χ1) is 12.0. The third kappa shape index (κ3) is 2.81. The van der Waals surface area contributed by atoms with Crippen molar-refractivity contribution >= 4 is 37.5 Å². The zero-order valence-corrected chi connectivity index (χ0v) is 16.0. The van der Waals surface area contributed by atoms with Gasteiger partial charge in [0.1, 0.15) is 10.5 Å². The van der Waals surface area contributed by atoms with E-state index in [9.17, 15) is 4.79 Å². The largest absolute Gasteiger partial charge is 0.305 e. The number of rotatable bonds is 2. The Morgan fingerprint density at radius 2 is 2.00 bits per heavy atom. The summed E-state index contributed by atoms with van der Waals surface area (Å²) in [6.07, 6.45) is 1.69. The van der Waals surface area contributed by atoms with Gasteiger partial charge < -0.3 is 4.98 Å². The Bertz CT molecular complexity index is 1150. The van der Waals surface area contributed by atoms with Crippen LogP contribution in [0.5, 0.6) is 0 Å². The number of aryl methyl sites for hydroxylation is 2. The van der Waals surface area contributed by atoms with Crippen LogP contribution in [0.1, 0.15) is 10.4 Å². The number of halogens is 1. The molecule has 0 radical (unpaired) electrons. The molecule has 0 atom stereocenters. The molecule has 0 aliphatic heterocycles. The predicted molar refractivity (Wildman–Crippen MR) is 106 cm³/mol. The van der Waals surface area contributed by atoms with E-state index >= 15 is 0 Å². The van der Waals surface area contributed by atoms with Crippen molar-refractivity contribution in [2.24, 2.45) is 0 Å². The van der Waals surface area contributed by atoms with Crippen LogP contribution < -0.4 is 5.56 Å². The smallest absolute Gasteiger partial charge is 0.260 e. The van der Waals surface area contributed by atoms with Crippen LogP contribution in [0.25, 0.3) is 32.9 Å². The maximum atomic E-state index is 12.8. The van der Waals surface area contributed by atoms with E-state index in [1.807, 2.05) is 44.2 Å². The Balaban J connectivity index is 2.01. The highest BCUT2D eigenvalue weighted by atomic mass is 79.9. The highest BCUT2D eigenvalue weighted by Crippen LogP contribution is 2.39. The van der Waals surface area contributed by atoms with Crippen molar-refractivity contribution in [3.05, 3.63) is 67.9 Å². The second kappa shape index (κ2) is 6.20. The van der Waals surface area contributed by atoms with Crippen LogP contribution in [0.4, 0.5) is 0 Å². The molecular weight excluding hydrogens is 398 g/mol. The quantitative estimate of drug-likeness (QED) is 0.499. The van der Waals surface area contributed by atoms with E-state index < -0.39 is 0 Å². The summed E-state index contributed by atoms with van der Waals surface area (Å²) in [5.41, 5.74) is 3.62. The number of pyridine rings is 1. The van der Waals surface area contributed by atoms with E-state index in [2.05, 4.69) is 36.9 Å². The molecule has 6 heteroatoms. The Morgan fingerprint density at radius 1 is 1.16 bits per heavy atom. The van der Waals surface area contributed by atoms with Gasteiger partial charge in [-0.15, -0.1) is 11.3 Å². The number of hydrogen-bond donors (Lipinski definition) is 1. The highest BCUT2D eigenvalue weighted by molar-refractivity contribution is 9.10. The lowest BCUT2D eigenvalue weighted by atomic mass is 10.0. The standard InChI is InChI=1S/C19H14BrN3OS/c1-10-6-7-13(20)12(9-10)15-11(2)25-19-16(15)18(24)22-17(23-19)14-5-3-4-8-21-14/h3-9H,1-2H3,(H,22,23,24). The third-order valence-corrected chi connectivity index (χ3v) is 5.73. The van der Waals surface area contributed by atoms with Crippen LogP contribution in [-0.2, 0) is 0 Å². The van der Waals surface area contributed by atoms with Gasteiger partial charge in [0.15, 0.2) is 5.82 Å². The average molecular weight is 412 g/mol. The summed E-state index contributed by atoms with van der Waals surface area (Å²) in [5.74, 6) is 0.495. The van der Waals surface area contributed by atoms with Gasteiger partial charge in [-0.2, -0.15) is 0 Å². The zero-order valence-electron chi connectivity index (χ0n) is 13.6. The normalized spacial score (nSPS) is 11.2. The molecule has 0 aliphatic carbocycles. The topological polar surface area (TPSA) is 58.6 Å². The highest BCUT2D eigenvalue weighted by Gasteiger charge is 2.19. The van der Waals surface area contributed by atoms with Crippen molar-refractivity contribution in [2.75, 3.05) is 0 Å². The van der Waals surface area contributed by atoms with Gasteiger partial charge in [-0.25, -0.2) is 4.98 Å². The summed E-state index contributed by atoms with van der Waals surface area (Å²) in [5, 5.41) is 0.633. The number of benzene rings is 1. The number of hydrogen-bond acceptors (Lipinski definition) is 4. The molecule has 124 valence electrons. The van der Waals surface area contributed by atoms with Gasteiger partial charge in [-0.1, -0.05) is 39.7 Å². The lowest BCUT2D eigenvalue weighted by molar-refractivity contribution is 1.15. The third-order valence-electron chi connectivity index (χ3n) is 4.04. The minimum atomic E-state index is -0.140. The lowest BCUT2D eigenvalue weighted by Gasteiger charge is -2.07. The van der Waals surface area contributed by atoms with Crippen molar-refractivity contribution in [2.45, 2.75) is 13.8 Å². The van der Waals surface area contributed by atoms with Crippen LogP contribution in [0.15, 0.2) is 51.9 Å². The SMILES string of the molecule is Cc1ccc(Br)c(-c2c(C)sc3nc(-c4ccccn4)[nH]c(=O)c23)c1. The number of aromatic amines is 1. The first-order valence-electron chi connectivity index (χ1n) is 7.76. The monoisotopic (exact) mass is 411 g/mol. The molecule has 0 unspecified atom stereocenters.